The first kappa shape index (κ1) is 30.3. The summed E-state index contributed by atoms with van der Waals surface area (Å²) in [7, 11) is -3.42. The highest BCUT2D eigenvalue weighted by molar-refractivity contribution is 7.89. The smallest absolute Gasteiger partial charge is 0.243 e. The molecule has 0 unspecified atom stereocenters. The number of nitrogens with zero attached hydrogens (tertiary/aromatic N) is 4. The summed E-state index contributed by atoms with van der Waals surface area (Å²) in [5, 5.41) is 8.91. The molecule has 1 aromatic rings. The van der Waals surface area contributed by atoms with Gasteiger partial charge in [-0.15, -0.1) is 0 Å². The zero-order chi connectivity index (χ0) is 26.6. The Labute approximate surface area is 211 Å². The van der Waals surface area contributed by atoms with Crippen molar-refractivity contribution in [3.8, 4) is 0 Å². The van der Waals surface area contributed by atoms with Crippen LogP contribution in [0.1, 0.15) is 73.3 Å². The van der Waals surface area contributed by atoms with E-state index in [0.717, 1.165) is 29.8 Å². The van der Waals surface area contributed by atoms with Crippen molar-refractivity contribution < 1.29 is 13.2 Å². The van der Waals surface area contributed by atoms with Gasteiger partial charge in [0.25, 0.3) is 0 Å². The third-order valence-corrected chi connectivity index (χ3v) is 7.02. The quantitative estimate of drug-likeness (QED) is 0.526. The topological polar surface area (TPSA) is 94.4 Å². The molecule has 1 fully saturated rings. The van der Waals surface area contributed by atoms with Crippen LogP contribution in [0.15, 0.2) is 63.4 Å². The number of hydrogen-bond acceptors (Lipinski definition) is 6. The molecule has 0 atom stereocenters. The highest BCUT2D eigenvalue weighted by Crippen LogP contribution is 2.21. The molecule has 2 aliphatic heterocycles. The molecular weight excluding hydrogens is 462 g/mol. The molecule has 8 nitrogen and oxygen atoms in total. The predicted molar refractivity (Wildman–Crippen MR) is 145 cm³/mol. The second kappa shape index (κ2) is 14.6. The van der Waals surface area contributed by atoms with E-state index in [1.165, 1.54) is 4.31 Å². The minimum atomic E-state index is -3.42. The summed E-state index contributed by atoms with van der Waals surface area (Å²) in [5.41, 5.74) is 3.22. The molecule has 1 N–H and O–H groups in total. The first-order chi connectivity index (χ1) is 16.7. The fraction of sp³-hybridized carbons (Fsp3) is 0.500. The predicted octanol–water partition coefficient (Wildman–Crippen LogP) is 5.06. The minimum Gasteiger partial charge on any atom is -0.352 e. The van der Waals surface area contributed by atoms with E-state index in [4.69, 9.17) is 0 Å². The van der Waals surface area contributed by atoms with E-state index in [1.54, 1.807) is 36.2 Å². The first-order valence-corrected chi connectivity index (χ1v) is 13.7. The number of amides is 1. The van der Waals surface area contributed by atoms with Gasteiger partial charge in [-0.05, 0) is 57.4 Å². The van der Waals surface area contributed by atoms with Crippen LogP contribution in [0.4, 0.5) is 0 Å². The number of rotatable bonds is 7. The van der Waals surface area contributed by atoms with Gasteiger partial charge in [0.1, 0.15) is 5.82 Å². The molecule has 0 spiro atoms. The highest BCUT2D eigenvalue weighted by atomic mass is 32.2. The molecule has 1 aromatic carbocycles. The number of carbonyl (C=O) groups excluding carboxylic acids is 1. The number of nitrogens with one attached hydrogen (secondary N) is 1. The number of hydrazone groups is 1. The summed E-state index contributed by atoms with van der Waals surface area (Å²) < 4.78 is 26.7. The number of sulfonamides is 1. The van der Waals surface area contributed by atoms with Crippen LogP contribution in [-0.4, -0.2) is 48.2 Å². The molecule has 9 heteroatoms. The van der Waals surface area contributed by atoms with Crippen LogP contribution in [-0.2, 0) is 21.4 Å². The Bertz CT molecular complexity index is 1050. The van der Waals surface area contributed by atoms with Gasteiger partial charge in [0, 0.05) is 36.8 Å². The van der Waals surface area contributed by atoms with Crippen molar-refractivity contribution in [1.82, 2.24) is 14.6 Å². The van der Waals surface area contributed by atoms with Crippen LogP contribution in [0.3, 0.4) is 0 Å². The molecule has 194 valence electrons. The van der Waals surface area contributed by atoms with Crippen molar-refractivity contribution in [3.05, 3.63) is 54.0 Å². The highest BCUT2D eigenvalue weighted by Gasteiger charge is 2.26. The Morgan fingerprint density at radius 1 is 1.09 bits per heavy atom. The van der Waals surface area contributed by atoms with Crippen LogP contribution in [0, 0.1) is 0 Å². The van der Waals surface area contributed by atoms with Crippen molar-refractivity contribution in [2.45, 2.75) is 79.2 Å². The Morgan fingerprint density at radius 3 is 2.20 bits per heavy atom. The lowest BCUT2D eigenvalue weighted by Crippen LogP contribution is -2.28. The number of allylic oxidation sites excluding steroid dienone is 2. The van der Waals surface area contributed by atoms with Crippen molar-refractivity contribution >= 4 is 27.4 Å². The Hall–Kier alpha value is -2.78. The maximum Gasteiger partial charge on any atom is 0.243 e. The lowest BCUT2D eigenvalue weighted by molar-refractivity contribution is -0.120. The average Bonchev–Trinajstić information content (AvgIpc) is 3.39. The van der Waals surface area contributed by atoms with Gasteiger partial charge in [-0.3, -0.25) is 4.79 Å². The van der Waals surface area contributed by atoms with Crippen LogP contribution < -0.4 is 5.32 Å². The molecule has 0 radical (unpaired) electrons. The molecular formula is C26H41N5O3S. The van der Waals surface area contributed by atoms with E-state index in [9.17, 15) is 13.2 Å². The maximum atomic E-state index is 12.6. The second-order valence-electron chi connectivity index (χ2n) is 7.81. The molecule has 0 aromatic heterocycles. The average molecular weight is 504 g/mol. The van der Waals surface area contributed by atoms with Crippen LogP contribution in [0.2, 0.25) is 0 Å². The van der Waals surface area contributed by atoms with E-state index in [1.807, 2.05) is 47.6 Å². The molecule has 0 saturated carbocycles. The molecule has 1 saturated heterocycles. The van der Waals surface area contributed by atoms with Gasteiger partial charge in [0.15, 0.2) is 0 Å². The molecule has 1 amide bonds. The minimum absolute atomic E-state index is 0.140. The van der Waals surface area contributed by atoms with Crippen LogP contribution >= 0.6 is 0 Å². The maximum absolute atomic E-state index is 12.6. The normalized spacial score (nSPS) is 16.4. The number of benzene rings is 1. The fourth-order valence-corrected chi connectivity index (χ4v) is 5.06. The molecule has 2 heterocycles. The SMILES string of the molecule is C=C1N=C(C)C=C(C)N1/N=C(/C)CC(=O)NCc1ccc(S(=O)(=O)N2CCCC2)cc1.CC.CC. The van der Waals surface area contributed by atoms with Crippen molar-refractivity contribution in [1.29, 1.82) is 0 Å². The lowest BCUT2D eigenvalue weighted by Gasteiger charge is -2.23. The summed E-state index contributed by atoms with van der Waals surface area (Å²) in [5.74, 6) is 0.347. The fourth-order valence-electron chi connectivity index (χ4n) is 3.55. The first-order valence-electron chi connectivity index (χ1n) is 12.3. The Morgan fingerprint density at radius 2 is 1.66 bits per heavy atom. The van der Waals surface area contributed by atoms with E-state index in [-0.39, 0.29) is 17.2 Å². The number of carbonyl (C=O) groups is 1. The van der Waals surface area contributed by atoms with Gasteiger partial charge in [-0.1, -0.05) is 46.4 Å². The summed E-state index contributed by atoms with van der Waals surface area (Å²) in [4.78, 5) is 16.9. The number of hydrogen-bond donors (Lipinski definition) is 1. The van der Waals surface area contributed by atoms with E-state index in [0.29, 0.717) is 31.2 Å². The molecule has 0 bridgehead atoms. The Kier molecular flexibility index (Phi) is 12.6. The second-order valence-corrected chi connectivity index (χ2v) is 9.75. The summed E-state index contributed by atoms with van der Waals surface area (Å²) in [6, 6.07) is 6.66. The van der Waals surface area contributed by atoms with E-state index in [2.05, 4.69) is 22.0 Å². The monoisotopic (exact) mass is 503 g/mol. The van der Waals surface area contributed by atoms with Gasteiger partial charge in [-0.2, -0.15) is 9.41 Å². The van der Waals surface area contributed by atoms with Crippen molar-refractivity contribution in [2.75, 3.05) is 13.1 Å². The largest absolute Gasteiger partial charge is 0.352 e. The molecule has 2 aliphatic rings. The summed E-state index contributed by atoms with van der Waals surface area (Å²) in [6.07, 6.45) is 3.85. The van der Waals surface area contributed by atoms with Crippen LogP contribution in [0.25, 0.3) is 0 Å². The van der Waals surface area contributed by atoms with Crippen molar-refractivity contribution in [3.63, 3.8) is 0 Å². The standard InChI is InChI=1S/C22H29N5O3S.2C2H6/c1-16-13-18(3)27(19(4)24-16)25-17(2)14-22(28)23-15-20-7-9-21(10-8-20)31(29,30)26-11-5-6-12-26;2*1-2/h7-10,13H,4-6,11-12,14-15H2,1-3H3,(H,23,28);2*1-2H3/b25-17-;;. The van der Waals surface area contributed by atoms with Gasteiger partial charge >= 0.3 is 0 Å². The van der Waals surface area contributed by atoms with Gasteiger partial charge < -0.3 is 5.32 Å². The molecule has 35 heavy (non-hydrogen) atoms. The Balaban J connectivity index is 0.00000145. The van der Waals surface area contributed by atoms with E-state index >= 15 is 0 Å². The van der Waals surface area contributed by atoms with Crippen LogP contribution in [0.5, 0.6) is 0 Å². The zero-order valence-corrected chi connectivity index (χ0v) is 23.1. The summed E-state index contributed by atoms with van der Waals surface area (Å²) in [6.45, 7) is 19.0. The summed E-state index contributed by atoms with van der Waals surface area (Å²) >= 11 is 0. The molecule has 3 rings (SSSR count). The van der Waals surface area contributed by atoms with Gasteiger partial charge in [0.05, 0.1) is 11.3 Å². The third-order valence-electron chi connectivity index (χ3n) is 5.10. The number of aliphatic imine (C=N–C) groups is 1. The zero-order valence-electron chi connectivity index (χ0n) is 22.3. The third kappa shape index (κ3) is 8.74. The van der Waals surface area contributed by atoms with E-state index < -0.39 is 10.0 Å². The lowest BCUT2D eigenvalue weighted by atomic mass is 10.2. The van der Waals surface area contributed by atoms with Crippen molar-refractivity contribution in [2.24, 2.45) is 10.1 Å². The van der Waals surface area contributed by atoms with Gasteiger partial charge in [-0.25, -0.2) is 18.4 Å². The molecule has 0 aliphatic carbocycles. The van der Waals surface area contributed by atoms with Gasteiger partial charge in [0.2, 0.25) is 15.9 Å².